The van der Waals surface area contributed by atoms with Crippen molar-refractivity contribution in [1.29, 1.82) is 0 Å². The minimum Gasteiger partial charge on any atom is -0.368 e. The van der Waals surface area contributed by atoms with Crippen LogP contribution in [0.15, 0.2) is 42.5 Å². The van der Waals surface area contributed by atoms with Gasteiger partial charge in [-0.05, 0) is 48.1 Å². The number of hydrogen-bond acceptors (Lipinski definition) is 3. The maximum Gasteiger partial charge on any atom is 0.430 e. The average molecular weight is 517 g/mol. The fourth-order valence-corrected chi connectivity index (χ4v) is 5.32. The van der Waals surface area contributed by atoms with Crippen LogP contribution in [0.1, 0.15) is 36.3 Å². The zero-order chi connectivity index (χ0) is 25.6. The molecule has 0 radical (unpaired) electrons. The lowest BCUT2D eigenvalue weighted by Crippen LogP contribution is -2.59. The molecule has 2 amide bonds. The predicted molar refractivity (Wildman–Crippen MR) is 116 cm³/mol. The zero-order valence-corrected chi connectivity index (χ0v) is 19.1. The largest absolute Gasteiger partial charge is 0.430 e. The number of aliphatic hydroxyl groups is 1. The summed E-state index contributed by atoms with van der Waals surface area (Å²) in [6, 6.07) is 7.73. The van der Waals surface area contributed by atoms with Gasteiger partial charge in [0.2, 0.25) is 5.91 Å². The fourth-order valence-electron chi connectivity index (χ4n) is 5.14. The first-order valence-electron chi connectivity index (χ1n) is 10.9. The molecule has 2 aliphatic rings. The van der Waals surface area contributed by atoms with Gasteiger partial charge in [-0.2, -0.15) is 13.2 Å². The van der Waals surface area contributed by atoms with E-state index in [4.69, 9.17) is 11.6 Å². The van der Waals surface area contributed by atoms with Crippen molar-refractivity contribution in [2.45, 2.75) is 37.0 Å². The second-order valence-corrected chi connectivity index (χ2v) is 9.48. The van der Waals surface area contributed by atoms with Gasteiger partial charge in [-0.15, -0.1) is 0 Å². The number of rotatable bonds is 3. The standard InChI is InChI=1S/C24H22ClF5N2O3/c25-18-11-15(3-6-19(18)27)23(35,24(28,29)30)21(34)32-9-7-22(8-10-32)12-20(33)31-13-17(22)14-1-4-16(26)5-2-14/h1-6,11,17,35H,7-10,12-13H2,(H,31,33)/t17-,23?/m0/s1. The number of halogens is 6. The van der Waals surface area contributed by atoms with E-state index in [1.807, 2.05) is 0 Å². The number of nitrogens with one attached hydrogen (secondary N) is 1. The summed E-state index contributed by atoms with van der Waals surface area (Å²) in [5.41, 5.74) is -4.68. The first-order chi connectivity index (χ1) is 16.4. The van der Waals surface area contributed by atoms with Crippen LogP contribution in [0.2, 0.25) is 5.02 Å². The van der Waals surface area contributed by atoms with E-state index in [1.165, 1.54) is 12.1 Å². The lowest BCUT2D eigenvalue weighted by Gasteiger charge is -2.50. The molecule has 5 nitrogen and oxygen atoms in total. The lowest BCUT2D eigenvalue weighted by molar-refractivity contribution is -0.262. The van der Waals surface area contributed by atoms with Crippen molar-refractivity contribution >= 4 is 23.4 Å². The third-order valence-electron chi connectivity index (χ3n) is 7.13. The number of piperidine rings is 2. The first-order valence-corrected chi connectivity index (χ1v) is 11.3. The molecule has 2 saturated heterocycles. The molecule has 2 atom stereocenters. The van der Waals surface area contributed by atoms with E-state index in [2.05, 4.69) is 5.32 Å². The van der Waals surface area contributed by atoms with Gasteiger partial charge in [0.1, 0.15) is 11.6 Å². The molecular weight excluding hydrogens is 495 g/mol. The smallest absolute Gasteiger partial charge is 0.368 e. The van der Waals surface area contributed by atoms with Crippen molar-refractivity contribution in [3.05, 3.63) is 70.2 Å². The SMILES string of the molecule is O=C1CC2(CCN(C(=O)C(O)(c3ccc(F)c(Cl)c3)C(F)(F)F)CC2)[C@H](c2ccc(F)cc2)CN1. The highest BCUT2D eigenvalue weighted by Crippen LogP contribution is 2.50. The Bertz CT molecular complexity index is 1130. The predicted octanol–water partition coefficient (Wildman–Crippen LogP) is 4.28. The molecule has 35 heavy (non-hydrogen) atoms. The van der Waals surface area contributed by atoms with E-state index in [1.54, 1.807) is 12.1 Å². The van der Waals surface area contributed by atoms with E-state index in [0.717, 1.165) is 10.5 Å². The summed E-state index contributed by atoms with van der Waals surface area (Å²) in [5, 5.41) is 12.8. The number of hydrogen-bond donors (Lipinski definition) is 2. The molecule has 2 fully saturated rings. The summed E-state index contributed by atoms with van der Waals surface area (Å²) in [6.45, 7) is -0.00672. The third kappa shape index (κ3) is 4.49. The molecule has 0 aromatic heterocycles. The molecule has 2 aromatic carbocycles. The number of alkyl halides is 3. The topological polar surface area (TPSA) is 69.6 Å². The second kappa shape index (κ2) is 9.05. The molecule has 2 N–H and O–H groups in total. The number of carbonyl (C=O) groups excluding carboxylic acids is 2. The normalized spacial score (nSPS) is 22.0. The van der Waals surface area contributed by atoms with Crippen LogP contribution in [0.5, 0.6) is 0 Å². The van der Waals surface area contributed by atoms with Crippen LogP contribution in [0.3, 0.4) is 0 Å². The Hall–Kier alpha value is -2.72. The zero-order valence-electron chi connectivity index (χ0n) is 18.3. The van der Waals surface area contributed by atoms with E-state index in [-0.39, 0.29) is 50.7 Å². The minimum absolute atomic E-state index is 0.105. The minimum atomic E-state index is -5.40. The maximum atomic E-state index is 14.0. The van der Waals surface area contributed by atoms with Gasteiger partial charge in [0, 0.05) is 37.5 Å². The number of likely N-dealkylation sites (tertiary alicyclic amines) is 1. The second-order valence-electron chi connectivity index (χ2n) is 9.08. The summed E-state index contributed by atoms with van der Waals surface area (Å²) in [7, 11) is 0. The van der Waals surface area contributed by atoms with Crippen LogP contribution in [0, 0.1) is 17.0 Å². The Balaban J connectivity index is 1.61. The van der Waals surface area contributed by atoms with Crippen molar-refractivity contribution < 1.29 is 36.6 Å². The Morgan fingerprint density at radius 1 is 1.09 bits per heavy atom. The summed E-state index contributed by atoms with van der Waals surface area (Å²) >= 11 is 5.62. The van der Waals surface area contributed by atoms with E-state index in [9.17, 15) is 36.6 Å². The van der Waals surface area contributed by atoms with Crippen LogP contribution < -0.4 is 5.32 Å². The van der Waals surface area contributed by atoms with Crippen LogP contribution in [0.4, 0.5) is 22.0 Å². The van der Waals surface area contributed by atoms with Gasteiger partial charge in [-0.1, -0.05) is 29.8 Å². The number of amides is 2. The molecule has 0 saturated carbocycles. The molecule has 1 unspecified atom stereocenters. The number of benzene rings is 2. The quantitative estimate of drug-likeness (QED) is 0.598. The summed E-state index contributed by atoms with van der Waals surface area (Å²) in [6.07, 6.45) is -4.89. The van der Waals surface area contributed by atoms with Gasteiger partial charge >= 0.3 is 6.18 Å². The highest BCUT2D eigenvalue weighted by molar-refractivity contribution is 6.30. The van der Waals surface area contributed by atoms with Crippen molar-refractivity contribution in [1.82, 2.24) is 10.2 Å². The Morgan fingerprint density at radius 2 is 1.71 bits per heavy atom. The first kappa shape index (κ1) is 25.4. The van der Waals surface area contributed by atoms with E-state index < -0.39 is 45.3 Å². The molecule has 2 aliphatic heterocycles. The monoisotopic (exact) mass is 516 g/mol. The Morgan fingerprint density at radius 3 is 2.29 bits per heavy atom. The van der Waals surface area contributed by atoms with Crippen molar-refractivity contribution in [3.63, 3.8) is 0 Å². The van der Waals surface area contributed by atoms with Gasteiger partial charge in [-0.25, -0.2) is 8.78 Å². The Kier molecular flexibility index (Phi) is 6.56. The molecule has 2 heterocycles. The molecule has 2 aromatic rings. The van der Waals surface area contributed by atoms with Crippen LogP contribution in [-0.4, -0.2) is 47.6 Å². The van der Waals surface area contributed by atoms with Crippen LogP contribution >= 0.6 is 11.6 Å². The van der Waals surface area contributed by atoms with Gasteiger partial charge in [0.05, 0.1) is 5.02 Å². The summed E-state index contributed by atoms with van der Waals surface area (Å²) in [5.74, 6) is -3.45. The lowest BCUT2D eigenvalue weighted by atomic mass is 9.62. The highest BCUT2D eigenvalue weighted by Gasteiger charge is 2.62. The molecular formula is C24H22ClF5N2O3. The number of nitrogens with zero attached hydrogens (tertiary/aromatic N) is 1. The molecule has 4 rings (SSSR count). The van der Waals surface area contributed by atoms with Crippen molar-refractivity contribution in [2.24, 2.45) is 5.41 Å². The van der Waals surface area contributed by atoms with Gasteiger partial charge in [0.15, 0.2) is 0 Å². The van der Waals surface area contributed by atoms with Gasteiger partial charge < -0.3 is 15.3 Å². The van der Waals surface area contributed by atoms with E-state index >= 15 is 0 Å². The van der Waals surface area contributed by atoms with Gasteiger partial charge in [-0.3, -0.25) is 9.59 Å². The molecule has 1 spiro atoms. The van der Waals surface area contributed by atoms with Crippen LogP contribution in [0.25, 0.3) is 0 Å². The molecule has 0 aliphatic carbocycles. The average Bonchev–Trinajstić information content (AvgIpc) is 2.80. The third-order valence-corrected chi connectivity index (χ3v) is 7.42. The summed E-state index contributed by atoms with van der Waals surface area (Å²) < 4.78 is 69.0. The number of carbonyl (C=O) groups is 2. The molecule has 11 heteroatoms. The molecule has 188 valence electrons. The van der Waals surface area contributed by atoms with E-state index in [0.29, 0.717) is 18.2 Å². The molecule has 0 bridgehead atoms. The maximum absolute atomic E-state index is 14.0. The fraction of sp³-hybridized carbons (Fsp3) is 0.417. The van der Waals surface area contributed by atoms with Gasteiger partial charge in [0.25, 0.3) is 11.5 Å². The summed E-state index contributed by atoms with van der Waals surface area (Å²) in [4.78, 5) is 26.2. The van der Waals surface area contributed by atoms with Crippen LogP contribution in [-0.2, 0) is 15.2 Å². The van der Waals surface area contributed by atoms with Crippen molar-refractivity contribution in [3.8, 4) is 0 Å². The highest BCUT2D eigenvalue weighted by atomic mass is 35.5. The van der Waals surface area contributed by atoms with Crippen molar-refractivity contribution in [2.75, 3.05) is 19.6 Å². The Labute approximate surface area is 202 Å².